The number of nitrogens with one attached hydrogen (secondary N) is 2. The lowest BCUT2D eigenvalue weighted by Crippen LogP contribution is -2.45. The van der Waals surface area contributed by atoms with Gasteiger partial charge < -0.3 is 10.6 Å². The van der Waals surface area contributed by atoms with Crippen LogP contribution in [0.25, 0.3) is 0 Å². The van der Waals surface area contributed by atoms with Gasteiger partial charge in [-0.25, -0.2) is 4.98 Å². The number of thiazole rings is 1. The van der Waals surface area contributed by atoms with Gasteiger partial charge >= 0.3 is 0 Å². The molecule has 3 rings (SSSR count). The molecule has 7 heteroatoms. The van der Waals surface area contributed by atoms with Crippen LogP contribution in [0.1, 0.15) is 41.3 Å². The molecule has 136 valence electrons. The van der Waals surface area contributed by atoms with Crippen LogP contribution in [0.15, 0.2) is 0 Å². The molecule has 1 amide bonds. The van der Waals surface area contributed by atoms with Gasteiger partial charge in [-0.15, -0.1) is 23.7 Å². The highest BCUT2D eigenvalue weighted by molar-refractivity contribution is 7.11. The third-order valence-corrected chi connectivity index (χ3v) is 5.97. The smallest absolute Gasteiger partial charge is 0.237 e. The largest absolute Gasteiger partial charge is 0.354 e. The van der Waals surface area contributed by atoms with E-state index in [4.69, 9.17) is 0 Å². The Morgan fingerprint density at radius 2 is 2.21 bits per heavy atom. The molecule has 2 saturated heterocycles. The zero-order chi connectivity index (χ0) is 16.2. The first-order valence-corrected chi connectivity index (χ1v) is 9.60. The van der Waals surface area contributed by atoms with E-state index in [0.717, 1.165) is 50.6 Å². The summed E-state index contributed by atoms with van der Waals surface area (Å²) < 4.78 is 0. The van der Waals surface area contributed by atoms with Crippen molar-refractivity contribution < 1.29 is 4.79 Å². The van der Waals surface area contributed by atoms with Crippen LogP contribution in [-0.2, 0) is 11.3 Å². The molecule has 0 radical (unpaired) electrons. The molecule has 2 N–H and O–H groups in total. The Balaban J connectivity index is 0.00000208. The summed E-state index contributed by atoms with van der Waals surface area (Å²) in [6.07, 6.45) is 4.53. The first-order chi connectivity index (χ1) is 11.1. The van der Waals surface area contributed by atoms with Crippen LogP contribution >= 0.6 is 23.7 Å². The topological polar surface area (TPSA) is 57.3 Å². The van der Waals surface area contributed by atoms with Gasteiger partial charge in [-0.05, 0) is 58.5 Å². The molecular weight excluding hydrogens is 344 g/mol. The Kier molecular flexibility index (Phi) is 7.47. The summed E-state index contributed by atoms with van der Waals surface area (Å²) in [5, 5.41) is 7.58. The van der Waals surface area contributed by atoms with Crippen molar-refractivity contribution in [2.24, 2.45) is 5.92 Å². The predicted octanol–water partition coefficient (Wildman–Crippen LogP) is 2.26. The van der Waals surface area contributed by atoms with Crippen LogP contribution in [-0.4, -0.2) is 48.0 Å². The number of hydrogen-bond acceptors (Lipinski definition) is 5. The number of nitrogens with zero attached hydrogens (tertiary/aromatic N) is 2. The molecule has 5 nitrogen and oxygen atoms in total. The molecule has 2 unspecified atom stereocenters. The Morgan fingerprint density at radius 1 is 1.38 bits per heavy atom. The van der Waals surface area contributed by atoms with E-state index in [1.54, 1.807) is 0 Å². The molecule has 3 heterocycles. The van der Waals surface area contributed by atoms with E-state index in [0.29, 0.717) is 5.92 Å². The molecule has 2 fully saturated rings. The van der Waals surface area contributed by atoms with Gasteiger partial charge in [0.05, 0.1) is 16.7 Å². The number of rotatable bonds is 5. The van der Waals surface area contributed by atoms with Gasteiger partial charge in [-0.2, -0.15) is 0 Å². The Bertz CT molecular complexity index is 545. The molecule has 24 heavy (non-hydrogen) atoms. The lowest BCUT2D eigenvalue weighted by Gasteiger charge is -2.32. The van der Waals surface area contributed by atoms with Gasteiger partial charge in [-0.3, -0.25) is 9.69 Å². The van der Waals surface area contributed by atoms with Crippen LogP contribution in [0.4, 0.5) is 0 Å². The molecule has 2 atom stereocenters. The van der Waals surface area contributed by atoms with Crippen LogP contribution in [0, 0.1) is 19.8 Å². The van der Waals surface area contributed by atoms with Gasteiger partial charge in [0.2, 0.25) is 5.91 Å². The number of carbonyl (C=O) groups is 1. The van der Waals surface area contributed by atoms with E-state index in [1.807, 2.05) is 11.3 Å². The highest BCUT2D eigenvalue weighted by Crippen LogP contribution is 2.23. The fraction of sp³-hybridized carbons (Fsp3) is 0.765. The minimum absolute atomic E-state index is 0. The molecule has 0 spiro atoms. The van der Waals surface area contributed by atoms with Crippen LogP contribution in [0.5, 0.6) is 0 Å². The number of hydrogen-bond donors (Lipinski definition) is 2. The van der Waals surface area contributed by atoms with E-state index in [-0.39, 0.29) is 24.4 Å². The Morgan fingerprint density at radius 3 is 2.88 bits per heavy atom. The average Bonchev–Trinajstić information content (AvgIpc) is 3.16. The summed E-state index contributed by atoms with van der Waals surface area (Å²) in [5.74, 6) is 0.761. The maximum atomic E-state index is 12.1. The van der Waals surface area contributed by atoms with Crippen molar-refractivity contribution in [3.63, 3.8) is 0 Å². The van der Waals surface area contributed by atoms with Crippen molar-refractivity contribution in [3.8, 4) is 0 Å². The molecule has 0 saturated carbocycles. The Labute approximate surface area is 155 Å². The molecule has 2 aliphatic rings. The molecule has 2 aliphatic heterocycles. The van der Waals surface area contributed by atoms with E-state index >= 15 is 0 Å². The van der Waals surface area contributed by atoms with Gasteiger partial charge in [-0.1, -0.05) is 0 Å². The highest BCUT2D eigenvalue weighted by Gasteiger charge is 2.25. The summed E-state index contributed by atoms with van der Waals surface area (Å²) in [7, 11) is 0. The number of carbonyl (C=O) groups excluding carboxylic acids is 1. The van der Waals surface area contributed by atoms with Crippen molar-refractivity contribution in [1.82, 2.24) is 20.5 Å². The number of likely N-dealkylation sites (tertiary alicyclic amines) is 1. The summed E-state index contributed by atoms with van der Waals surface area (Å²) in [5.41, 5.74) is 1.18. The molecule has 0 aliphatic carbocycles. The first-order valence-electron chi connectivity index (χ1n) is 8.78. The third-order valence-electron chi connectivity index (χ3n) is 4.91. The second-order valence-corrected chi connectivity index (χ2v) is 8.17. The Hall–Kier alpha value is -0.690. The molecule has 0 aromatic carbocycles. The molecular formula is C17H29ClN4OS. The molecule has 1 aromatic heterocycles. The summed E-state index contributed by atoms with van der Waals surface area (Å²) in [4.78, 5) is 20.6. The van der Waals surface area contributed by atoms with Gasteiger partial charge in [0.25, 0.3) is 0 Å². The normalized spacial score (nSPS) is 24.6. The second-order valence-electron chi connectivity index (χ2n) is 6.88. The number of halogens is 1. The number of piperidine rings is 1. The average molecular weight is 373 g/mol. The van der Waals surface area contributed by atoms with Crippen molar-refractivity contribution in [3.05, 3.63) is 15.6 Å². The maximum absolute atomic E-state index is 12.1. The lowest BCUT2D eigenvalue weighted by atomic mass is 9.97. The fourth-order valence-corrected chi connectivity index (χ4v) is 4.64. The number of amides is 1. The van der Waals surface area contributed by atoms with E-state index in [9.17, 15) is 4.79 Å². The zero-order valence-corrected chi connectivity index (χ0v) is 16.3. The monoisotopic (exact) mass is 372 g/mol. The van der Waals surface area contributed by atoms with Crippen molar-refractivity contribution >= 4 is 29.7 Å². The maximum Gasteiger partial charge on any atom is 0.237 e. The van der Waals surface area contributed by atoms with Crippen molar-refractivity contribution in [2.75, 3.05) is 26.2 Å². The molecule has 1 aromatic rings. The summed E-state index contributed by atoms with van der Waals surface area (Å²) in [6.45, 7) is 9.21. The van der Waals surface area contributed by atoms with E-state index < -0.39 is 0 Å². The van der Waals surface area contributed by atoms with E-state index in [2.05, 4.69) is 34.4 Å². The van der Waals surface area contributed by atoms with E-state index in [1.165, 1.54) is 23.4 Å². The summed E-state index contributed by atoms with van der Waals surface area (Å²) in [6, 6.07) is 0.0394. The fourth-order valence-electron chi connectivity index (χ4n) is 3.66. The highest BCUT2D eigenvalue weighted by atomic mass is 35.5. The van der Waals surface area contributed by atoms with Crippen LogP contribution in [0.2, 0.25) is 0 Å². The number of aryl methyl sites for hydroxylation is 2. The van der Waals surface area contributed by atoms with Gasteiger partial charge in [0, 0.05) is 24.5 Å². The quantitative estimate of drug-likeness (QED) is 0.832. The predicted molar refractivity (Wildman–Crippen MR) is 101 cm³/mol. The van der Waals surface area contributed by atoms with Crippen molar-refractivity contribution in [1.29, 1.82) is 0 Å². The third kappa shape index (κ3) is 5.15. The zero-order valence-electron chi connectivity index (χ0n) is 14.6. The van der Waals surface area contributed by atoms with Crippen LogP contribution < -0.4 is 10.6 Å². The molecule has 0 bridgehead atoms. The lowest BCUT2D eigenvalue weighted by molar-refractivity contribution is -0.123. The van der Waals surface area contributed by atoms with Gasteiger partial charge in [0.15, 0.2) is 0 Å². The van der Waals surface area contributed by atoms with Gasteiger partial charge in [0.1, 0.15) is 0 Å². The SMILES string of the molecule is Cc1nc(C)c(CN2CCCC(CNC(=O)C3CCCN3)C2)s1.Cl. The van der Waals surface area contributed by atoms with Crippen molar-refractivity contribution in [2.45, 2.75) is 52.1 Å². The standard InChI is InChI=1S/C17H28N4OS.ClH/c1-12-16(23-13(2)20-12)11-21-8-4-5-14(10-21)9-19-17(22)15-6-3-7-18-15;/h14-15,18H,3-11H2,1-2H3,(H,19,22);1H. The first kappa shape index (κ1) is 19.6. The minimum atomic E-state index is 0. The van der Waals surface area contributed by atoms with Crippen LogP contribution in [0.3, 0.4) is 0 Å². The summed E-state index contributed by atoms with van der Waals surface area (Å²) >= 11 is 1.81. The minimum Gasteiger partial charge on any atom is -0.354 e. The number of aromatic nitrogens is 1. The second kappa shape index (κ2) is 9.13.